The van der Waals surface area contributed by atoms with Crippen LogP contribution in [0.5, 0.6) is 0 Å². The van der Waals surface area contributed by atoms with Gasteiger partial charge in [0, 0.05) is 13.6 Å². The highest BCUT2D eigenvalue weighted by atomic mass is 16.3. The lowest BCUT2D eigenvalue weighted by Crippen LogP contribution is -2.09. The van der Waals surface area contributed by atoms with Gasteiger partial charge in [0.15, 0.2) is 5.76 Å². The Morgan fingerprint density at radius 2 is 2.27 bits per heavy atom. The molecule has 0 saturated heterocycles. The number of hydrogen-bond acceptors (Lipinski definition) is 3. The van der Waals surface area contributed by atoms with Gasteiger partial charge in [0.1, 0.15) is 11.5 Å². The predicted octanol–water partition coefficient (Wildman–Crippen LogP) is 1.71. The smallest absolute Gasteiger partial charge is 0.154 e. The summed E-state index contributed by atoms with van der Waals surface area (Å²) in [5.74, 6) is 1.74. The lowest BCUT2D eigenvalue weighted by Gasteiger charge is -2.03. The molecule has 2 aromatic rings. The Morgan fingerprint density at radius 3 is 2.87 bits per heavy atom. The molecule has 2 heterocycles. The number of hydrogen-bond donors (Lipinski definition) is 1. The maximum atomic E-state index is 5.57. The lowest BCUT2D eigenvalue weighted by atomic mass is 10.2. The molecular formula is C11H15N3O. The van der Waals surface area contributed by atoms with Gasteiger partial charge in [0.25, 0.3) is 0 Å². The van der Waals surface area contributed by atoms with Gasteiger partial charge >= 0.3 is 0 Å². The third-order valence-electron chi connectivity index (χ3n) is 2.38. The summed E-state index contributed by atoms with van der Waals surface area (Å²) in [6.45, 7) is 2.72. The van der Waals surface area contributed by atoms with E-state index in [1.54, 1.807) is 6.33 Å². The third-order valence-corrected chi connectivity index (χ3v) is 2.38. The topological polar surface area (TPSA) is 43.0 Å². The van der Waals surface area contributed by atoms with Gasteiger partial charge < -0.3 is 14.3 Å². The molecule has 0 aliphatic rings. The van der Waals surface area contributed by atoms with Crippen LogP contribution >= 0.6 is 0 Å². The van der Waals surface area contributed by atoms with Crippen LogP contribution in [0.25, 0.3) is 11.5 Å². The van der Waals surface area contributed by atoms with E-state index >= 15 is 0 Å². The maximum absolute atomic E-state index is 5.57. The fourth-order valence-electron chi connectivity index (χ4n) is 1.60. The SMILES string of the molecule is CNCc1c(-c2ccc(C)o2)ncn1C. The highest BCUT2D eigenvalue weighted by Gasteiger charge is 2.12. The van der Waals surface area contributed by atoms with Gasteiger partial charge in [-0.05, 0) is 26.1 Å². The van der Waals surface area contributed by atoms with E-state index < -0.39 is 0 Å². The molecule has 0 saturated carbocycles. The van der Waals surface area contributed by atoms with Gasteiger partial charge in [-0.2, -0.15) is 0 Å². The summed E-state index contributed by atoms with van der Waals surface area (Å²) < 4.78 is 7.57. The molecule has 0 aliphatic heterocycles. The maximum Gasteiger partial charge on any atom is 0.154 e. The standard InChI is InChI=1S/C11H15N3O/c1-8-4-5-10(15-8)11-9(6-12-2)14(3)7-13-11/h4-5,7,12H,6H2,1-3H3. The van der Waals surface area contributed by atoms with Crippen LogP contribution in [0.3, 0.4) is 0 Å². The number of aromatic nitrogens is 2. The molecule has 0 aliphatic carbocycles. The second-order valence-electron chi connectivity index (χ2n) is 3.59. The Morgan fingerprint density at radius 1 is 1.47 bits per heavy atom. The quantitative estimate of drug-likeness (QED) is 0.829. The monoisotopic (exact) mass is 205 g/mol. The van der Waals surface area contributed by atoms with Crippen LogP contribution < -0.4 is 5.32 Å². The molecule has 0 aromatic carbocycles. The van der Waals surface area contributed by atoms with E-state index in [0.29, 0.717) is 0 Å². The van der Waals surface area contributed by atoms with Crippen LogP contribution in [-0.4, -0.2) is 16.6 Å². The van der Waals surface area contributed by atoms with Crippen molar-refractivity contribution in [2.24, 2.45) is 7.05 Å². The van der Waals surface area contributed by atoms with E-state index in [9.17, 15) is 0 Å². The van der Waals surface area contributed by atoms with E-state index in [4.69, 9.17) is 4.42 Å². The summed E-state index contributed by atoms with van der Waals surface area (Å²) in [6.07, 6.45) is 1.81. The molecule has 0 spiro atoms. The van der Waals surface area contributed by atoms with Gasteiger partial charge in [-0.3, -0.25) is 0 Å². The molecular weight excluding hydrogens is 190 g/mol. The summed E-state index contributed by atoms with van der Waals surface area (Å²) in [4.78, 5) is 4.35. The van der Waals surface area contributed by atoms with Crippen molar-refractivity contribution in [3.63, 3.8) is 0 Å². The van der Waals surface area contributed by atoms with Crippen molar-refractivity contribution >= 4 is 0 Å². The Labute approximate surface area is 88.9 Å². The van der Waals surface area contributed by atoms with Crippen LogP contribution in [0.2, 0.25) is 0 Å². The normalized spacial score (nSPS) is 10.9. The zero-order valence-electron chi connectivity index (χ0n) is 9.24. The largest absolute Gasteiger partial charge is 0.460 e. The number of rotatable bonds is 3. The number of furan rings is 1. The van der Waals surface area contributed by atoms with Crippen molar-refractivity contribution in [1.82, 2.24) is 14.9 Å². The summed E-state index contributed by atoms with van der Waals surface area (Å²) >= 11 is 0. The minimum absolute atomic E-state index is 0.783. The molecule has 15 heavy (non-hydrogen) atoms. The van der Waals surface area contributed by atoms with Crippen molar-refractivity contribution in [1.29, 1.82) is 0 Å². The summed E-state index contributed by atoms with van der Waals surface area (Å²) in [7, 11) is 3.91. The first-order chi connectivity index (χ1) is 7.22. The zero-order valence-corrected chi connectivity index (χ0v) is 9.24. The van der Waals surface area contributed by atoms with Gasteiger partial charge in [-0.25, -0.2) is 4.98 Å². The highest BCUT2D eigenvalue weighted by molar-refractivity contribution is 5.55. The molecule has 2 rings (SSSR count). The summed E-state index contributed by atoms with van der Waals surface area (Å²) in [5.41, 5.74) is 2.05. The summed E-state index contributed by atoms with van der Waals surface area (Å²) in [6, 6.07) is 3.91. The van der Waals surface area contributed by atoms with Gasteiger partial charge in [-0.1, -0.05) is 0 Å². The molecule has 80 valence electrons. The Bertz CT molecular complexity index is 456. The van der Waals surface area contributed by atoms with Crippen LogP contribution in [0.4, 0.5) is 0 Å². The third kappa shape index (κ3) is 1.80. The van der Waals surface area contributed by atoms with Gasteiger partial charge in [0.2, 0.25) is 0 Å². The minimum Gasteiger partial charge on any atom is -0.460 e. The Kier molecular flexibility index (Phi) is 2.60. The van der Waals surface area contributed by atoms with E-state index in [2.05, 4.69) is 10.3 Å². The molecule has 0 bridgehead atoms. The first kappa shape index (κ1) is 9.98. The molecule has 0 unspecified atom stereocenters. The van der Waals surface area contributed by atoms with Crippen molar-refractivity contribution in [2.75, 3.05) is 7.05 Å². The Hall–Kier alpha value is -1.55. The van der Waals surface area contributed by atoms with Crippen molar-refractivity contribution in [2.45, 2.75) is 13.5 Å². The molecule has 4 nitrogen and oxygen atoms in total. The zero-order chi connectivity index (χ0) is 10.8. The fraction of sp³-hybridized carbons (Fsp3) is 0.364. The first-order valence-electron chi connectivity index (χ1n) is 4.94. The van der Waals surface area contributed by atoms with E-state index in [1.165, 1.54) is 0 Å². The average Bonchev–Trinajstić information content (AvgIpc) is 2.76. The number of nitrogens with zero attached hydrogens (tertiary/aromatic N) is 2. The molecule has 1 N–H and O–H groups in total. The number of aryl methyl sites for hydroxylation is 2. The number of nitrogens with one attached hydrogen (secondary N) is 1. The highest BCUT2D eigenvalue weighted by Crippen LogP contribution is 2.23. The van der Waals surface area contributed by atoms with Gasteiger partial charge in [0.05, 0.1) is 12.0 Å². The molecule has 0 fully saturated rings. The van der Waals surface area contributed by atoms with Crippen LogP contribution in [0.1, 0.15) is 11.5 Å². The minimum atomic E-state index is 0.783. The van der Waals surface area contributed by atoms with Crippen LogP contribution in [-0.2, 0) is 13.6 Å². The predicted molar refractivity (Wildman–Crippen MR) is 58.4 cm³/mol. The lowest BCUT2D eigenvalue weighted by molar-refractivity contribution is 0.545. The molecule has 2 aromatic heterocycles. The average molecular weight is 205 g/mol. The fourth-order valence-corrected chi connectivity index (χ4v) is 1.60. The van der Waals surface area contributed by atoms with Crippen LogP contribution in [0, 0.1) is 6.92 Å². The second-order valence-corrected chi connectivity index (χ2v) is 3.59. The van der Waals surface area contributed by atoms with E-state index in [0.717, 1.165) is 29.5 Å². The van der Waals surface area contributed by atoms with E-state index in [-0.39, 0.29) is 0 Å². The van der Waals surface area contributed by atoms with Crippen molar-refractivity contribution in [3.05, 3.63) is 29.9 Å². The van der Waals surface area contributed by atoms with Crippen molar-refractivity contribution < 1.29 is 4.42 Å². The van der Waals surface area contributed by atoms with Crippen molar-refractivity contribution in [3.8, 4) is 11.5 Å². The number of imidazole rings is 1. The molecule has 0 amide bonds. The Balaban J connectivity index is 2.43. The van der Waals surface area contributed by atoms with E-state index in [1.807, 2.05) is 37.7 Å². The molecule has 0 atom stereocenters. The second kappa shape index (κ2) is 3.90. The summed E-state index contributed by atoms with van der Waals surface area (Å²) in [5, 5.41) is 3.13. The molecule has 0 radical (unpaired) electrons. The van der Waals surface area contributed by atoms with Crippen LogP contribution in [0.15, 0.2) is 22.9 Å². The molecule has 4 heteroatoms. The first-order valence-corrected chi connectivity index (χ1v) is 4.94. The van der Waals surface area contributed by atoms with Gasteiger partial charge in [-0.15, -0.1) is 0 Å².